The van der Waals surface area contributed by atoms with E-state index in [9.17, 15) is 24.6 Å². The van der Waals surface area contributed by atoms with Crippen molar-refractivity contribution in [2.75, 3.05) is 0 Å². The van der Waals surface area contributed by atoms with Gasteiger partial charge in [-0.1, -0.05) is 30.3 Å². The van der Waals surface area contributed by atoms with Crippen molar-refractivity contribution < 1.29 is 20.0 Å². The van der Waals surface area contributed by atoms with Crippen molar-refractivity contribution in [1.29, 1.82) is 0 Å². The van der Waals surface area contributed by atoms with E-state index in [1.807, 2.05) is 18.2 Å². The quantitative estimate of drug-likeness (QED) is 0.504. The van der Waals surface area contributed by atoms with Gasteiger partial charge in [0, 0.05) is 11.1 Å². The third kappa shape index (κ3) is 2.61. The number of aliphatic hydroxyl groups excluding tert-OH is 1. The zero-order valence-corrected chi connectivity index (χ0v) is 16.5. The van der Waals surface area contributed by atoms with E-state index in [-0.39, 0.29) is 11.3 Å². The zero-order chi connectivity index (χ0) is 21.9. The van der Waals surface area contributed by atoms with Crippen LogP contribution in [0.2, 0.25) is 0 Å². The fourth-order valence-corrected chi connectivity index (χ4v) is 4.44. The number of carboxylic acids is 1. The molecular formula is C23H18N3O5+. The number of fused-ring (bicyclic) bond motifs is 4. The van der Waals surface area contributed by atoms with Crippen molar-refractivity contribution in [2.24, 2.45) is 0 Å². The normalized spacial score (nSPS) is 16.4. The number of aromatic carboxylic acids is 1. The Morgan fingerprint density at radius 2 is 1.77 bits per heavy atom. The lowest BCUT2D eigenvalue weighted by atomic mass is 9.81. The summed E-state index contributed by atoms with van der Waals surface area (Å²) in [6.45, 7) is 2.13. The number of carboxylic acid groups (broad SMARTS) is 1. The highest BCUT2D eigenvalue weighted by atomic mass is 16.4. The molecule has 0 saturated carbocycles. The maximum absolute atomic E-state index is 13.0. The van der Waals surface area contributed by atoms with Crippen LogP contribution in [-0.4, -0.2) is 31.4 Å². The molecule has 8 nitrogen and oxygen atoms in total. The first-order valence-electron chi connectivity index (χ1n) is 9.79. The number of aliphatic hydroxyl groups is 1. The minimum atomic E-state index is -1.06. The summed E-state index contributed by atoms with van der Waals surface area (Å²) in [6.07, 6.45) is 0. The van der Waals surface area contributed by atoms with Gasteiger partial charge in [-0.25, -0.2) is 14.6 Å². The van der Waals surface area contributed by atoms with Gasteiger partial charge in [0.2, 0.25) is 0 Å². The topological polar surface area (TPSA) is 126 Å². The summed E-state index contributed by atoms with van der Waals surface area (Å²) in [5.41, 5.74) is 2.49. The summed E-state index contributed by atoms with van der Waals surface area (Å²) in [4.78, 5) is 42.3. The number of carbonyl (C=O) groups is 1. The second kappa shape index (κ2) is 6.66. The van der Waals surface area contributed by atoms with Crippen LogP contribution in [0.15, 0.2) is 63.7 Å². The molecule has 2 heterocycles. The molecule has 0 amide bonds. The third-order valence-corrected chi connectivity index (χ3v) is 5.84. The number of allylic oxidation sites excluding steroid dienone is 1. The van der Waals surface area contributed by atoms with Crippen molar-refractivity contribution in [1.82, 2.24) is 9.55 Å². The molecule has 3 aromatic rings. The first-order valence-corrected chi connectivity index (χ1v) is 9.79. The van der Waals surface area contributed by atoms with Gasteiger partial charge in [0.05, 0.1) is 23.6 Å². The average molecular weight is 416 g/mol. The van der Waals surface area contributed by atoms with Gasteiger partial charge >= 0.3 is 11.7 Å². The Kier molecular flexibility index (Phi) is 4.04. The molecule has 31 heavy (non-hydrogen) atoms. The summed E-state index contributed by atoms with van der Waals surface area (Å²) in [7, 11) is 0. The van der Waals surface area contributed by atoms with Gasteiger partial charge < -0.3 is 10.2 Å². The first kappa shape index (κ1) is 18.8. The van der Waals surface area contributed by atoms with Crippen molar-refractivity contribution in [3.8, 4) is 0 Å². The summed E-state index contributed by atoms with van der Waals surface area (Å²) in [5.74, 6) is -1.34. The summed E-state index contributed by atoms with van der Waals surface area (Å²) in [5, 5.41) is 20.3. The second-order valence-electron chi connectivity index (χ2n) is 7.43. The zero-order valence-electron chi connectivity index (χ0n) is 16.5. The van der Waals surface area contributed by atoms with Crippen molar-refractivity contribution in [3.63, 3.8) is 0 Å². The molecule has 8 heteroatoms. The average Bonchev–Trinajstić information content (AvgIpc) is 3.05. The van der Waals surface area contributed by atoms with Gasteiger partial charge in [0.1, 0.15) is 17.0 Å². The molecule has 1 aliphatic heterocycles. The molecule has 0 spiro atoms. The van der Waals surface area contributed by atoms with E-state index in [1.54, 1.807) is 25.1 Å². The number of aromatic amines is 1. The third-order valence-electron chi connectivity index (χ3n) is 5.84. The van der Waals surface area contributed by atoms with Gasteiger partial charge in [-0.3, -0.25) is 9.78 Å². The fourth-order valence-electron chi connectivity index (χ4n) is 4.44. The van der Waals surface area contributed by atoms with Crippen LogP contribution in [0.4, 0.5) is 5.82 Å². The van der Waals surface area contributed by atoms with E-state index in [2.05, 4.69) is 9.98 Å². The Balaban J connectivity index is 1.87. The molecule has 0 saturated heterocycles. The highest BCUT2D eigenvalue weighted by Gasteiger charge is 2.44. The van der Waals surface area contributed by atoms with E-state index in [0.717, 1.165) is 5.56 Å². The maximum atomic E-state index is 13.0. The molecule has 1 aromatic heterocycles. The molecule has 0 fully saturated rings. The summed E-state index contributed by atoms with van der Waals surface area (Å²) < 4.78 is 1.44. The monoisotopic (exact) mass is 416 g/mol. The Morgan fingerprint density at radius 3 is 2.42 bits per heavy atom. The molecule has 2 aromatic carbocycles. The summed E-state index contributed by atoms with van der Waals surface area (Å²) in [6, 6.07) is 13.5. The van der Waals surface area contributed by atoms with Gasteiger partial charge in [-0.15, -0.1) is 0 Å². The molecule has 0 radical (unpaired) electrons. The van der Waals surface area contributed by atoms with Crippen LogP contribution in [0.3, 0.4) is 0 Å². The largest absolute Gasteiger partial charge is 0.507 e. The van der Waals surface area contributed by atoms with Crippen LogP contribution in [0.25, 0.3) is 5.76 Å². The van der Waals surface area contributed by atoms with Gasteiger partial charge in [0.25, 0.3) is 11.4 Å². The van der Waals surface area contributed by atoms with Crippen molar-refractivity contribution in [2.45, 2.75) is 19.4 Å². The first-order chi connectivity index (χ1) is 14.9. The van der Waals surface area contributed by atoms with E-state index in [0.29, 0.717) is 40.3 Å². The Labute approximate surface area is 175 Å². The van der Waals surface area contributed by atoms with Gasteiger partial charge in [-0.05, 0) is 30.7 Å². The molecule has 1 aliphatic carbocycles. The van der Waals surface area contributed by atoms with Gasteiger partial charge in [-0.2, -0.15) is 4.57 Å². The predicted octanol–water partition coefficient (Wildman–Crippen LogP) is 0.884. The Morgan fingerprint density at radius 1 is 1.10 bits per heavy atom. The molecule has 0 bridgehead atoms. The highest BCUT2D eigenvalue weighted by Crippen LogP contribution is 2.43. The number of aromatic nitrogens is 2. The molecular weight excluding hydrogens is 398 g/mol. The SMILES string of the molecule is CCn1c2c(c(=O)[nH]c1=O)C(c1ccc(C(=O)O)cc1)C1=C(O)c3ccccc3C1=[NH+]2. The van der Waals surface area contributed by atoms with Gasteiger partial charge in [0.15, 0.2) is 0 Å². The number of hydrogen-bond donors (Lipinski definition) is 4. The second-order valence-corrected chi connectivity index (χ2v) is 7.43. The van der Waals surface area contributed by atoms with Crippen LogP contribution in [0, 0.1) is 0 Å². The minimum absolute atomic E-state index is 0.0460. The molecule has 1 unspecified atom stereocenters. The molecule has 4 N–H and O–H groups in total. The fraction of sp³-hybridized carbons (Fsp3) is 0.130. The Hall–Kier alpha value is -4.20. The number of benzene rings is 2. The van der Waals surface area contributed by atoms with Crippen molar-refractivity contribution in [3.05, 3.63) is 103 Å². The molecule has 1 atom stereocenters. The minimum Gasteiger partial charge on any atom is -0.507 e. The molecule has 5 rings (SSSR count). The number of nitrogens with one attached hydrogen (secondary N) is 2. The highest BCUT2D eigenvalue weighted by molar-refractivity contribution is 6.21. The van der Waals surface area contributed by atoms with Crippen LogP contribution in [0.5, 0.6) is 0 Å². The van der Waals surface area contributed by atoms with Crippen LogP contribution >= 0.6 is 0 Å². The number of rotatable bonds is 3. The van der Waals surface area contributed by atoms with E-state index < -0.39 is 23.1 Å². The smallest absolute Gasteiger partial charge is 0.415 e. The predicted molar refractivity (Wildman–Crippen MR) is 113 cm³/mol. The van der Waals surface area contributed by atoms with E-state index in [1.165, 1.54) is 16.7 Å². The standard InChI is InChI=1S/C23H17N3O5/c1-2-26-20-17(21(28)25-23(26)31)15(11-7-9-12(10-8-11)22(29)30)16-18(24-20)13-5-3-4-6-14(13)19(16)27/h3-10,15,27H,2H2,1H3,(H,29,30)(H,25,28,31)/p+1. The van der Waals surface area contributed by atoms with E-state index >= 15 is 0 Å². The number of nitrogens with zero attached hydrogens (tertiary/aromatic N) is 1. The van der Waals surface area contributed by atoms with Crippen molar-refractivity contribution >= 4 is 23.3 Å². The maximum Gasteiger partial charge on any atom is 0.415 e. The van der Waals surface area contributed by atoms with Crippen LogP contribution < -0.4 is 16.2 Å². The lowest BCUT2D eigenvalue weighted by Gasteiger charge is -2.23. The molecule has 154 valence electrons. The molecule has 2 aliphatic rings. The van der Waals surface area contributed by atoms with Crippen LogP contribution in [0.1, 0.15) is 45.5 Å². The lowest BCUT2D eigenvalue weighted by molar-refractivity contribution is -0.364. The number of hydrogen-bond acceptors (Lipinski definition) is 4. The lowest BCUT2D eigenvalue weighted by Crippen LogP contribution is -2.72. The Bertz CT molecular complexity index is 1440. The van der Waals surface area contributed by atoms with E-state index in [4.69, 9.17) is 0 Å². The number of H-pyrrole nitrogens is 1. The van der Waals surface area contributed by atoms with Crippen LogP contribution in [-0.2, 0) is 6.54 Å². The summed E-state index contributed by atoms with van der Waals surface area (Å²) >= 11 is 0.